The summed E-state index contributed by atoms with van der Waals surface area (Å²) in [6.07, 6.45) is 6.14. The van der Waals surface area contributed by atoms with Crippen molar-refractivity contribution in [3.8, 4) is 0 Å². The van der Waals surface area contributed by atoms with E-state index < -0.39 is 0 Å². The summed E-state index contributed by atoms with van der Waals surface area (Å²) in [6.45, 7) is 2.81. The largest absolute Gasteiger partial charge is 0.347 e. The molecule has 0 saturated heterocycles. The number of aryl methyl sites for hydroxylation is 1. The first-order chi connectivity index (χ1) is 14.1. The van der Waals surface area contributed by atoms with Crippen molar-refractivity contribution in [3.05, 3.63) is 64.6 Å². The number of benzene rings is 1. The molecule has 3 aromatic rings. The molecular formula is C21H22N6OS. The van der Waals surface area contributed by atoms with Crippen LogP contribution in [-0.4, -0.2) is 39.2 Å². The summed E-state index contributed by atoms with van der Waals surface area (Å²) < 4.78 is 0. The Morgan fingerprint density at radius 2 is 2.21 bits per heavy atom. The van der Waals surface area contributed by atoms with E-state index in [4.69, 9.17) is 5.73 Å². The molecule has 7 nitrogen and oxygen atoms in total. The van der Waals surface area contributed by atoms with Crippen molar-refractivity contribution in [1.82, 2.24) is 20.3 Å². The lowest BCUT2D eigenvalue weighted by atomic mass is 10.1. The van der Waals surface area contributed by atoms with Crippen LogP contribution >= 0.6 is 11.8 Å². The van der Waals surface area contributed by atoms with E-state index in [-0.39, 0.29) is 18.0 Å². The van der Waals surface area contributed by atoms with Crippen LogP contribution in [0.25, 0.3) is 11.0 Å². The summed E-state index contributed by atoms with van der Waals surface area (Å²) in [5.41, 5.74) is 10.6. The fourth-order valence-electron chi connectivity index (χ4n) is 4.11. The van der Waals surface area contributed by atoms with E-state index in [1.54, 1.807) is 18.1 Å². The third kappa shape index (κ3) is 3.18. The van der Waals surface area contributed by atoms with Crippen LogP contribution in [0.5, 0.6) is 0 Å². The monoisotopic (exact) mass is 406 g/mol. The van der Waals surface area contributed by atoms with Gasteiger partial charge in [0.05, 0.1) is 22.4 Å². The van der Waals surface area contributed by atoms with Crippen molar-refractivity contribution in [2.45, 2.75) is 25.4 Å². The maximum Gasteiger partial charge on any atom is 0.259 e. The molecule has 2 atom stereocenters. The van der Waals surface area contributed by atoms with Crippen molar-refractivity contribution in [1.29, 1.82) is 0 Å². The van der Waals surface area contributed by atoms with E-state index in [1.807, 2.05) is 42.4 Å². The van der Waals surface area contributed by atoms with Crippen LogP contribution in [0.15, 0.2) is 47.9 Å². The van der Waals surface area contributed by atoms with E-state index in [9.17, 15) is 4.79 Å². The lowest BCUT2D eigenvalue weighted by Crippen LogP contribution is -2.42. The van der Waals surface area contributed by atoms with Crippen molar-refractivity contribution in [2.24, 2.45) is 5.73 Å². The van der Waals surface area contributed by atoms with Gasteiger partial charge in [0.1, 0.15) is 17.8 Å². The number of hydrogen-bond acceptors (Lipinski definition) is 6. The molecule has 8 heteroatoms. The highest BCUT2D eigenvalue weighted by Gasteiger charge is 2.32. The molecule has 0 fully saturated rings. The first kappa shape index (κ1) is 18.2. The Kier molecular flexibility index (Phi) is 4.52. The Balaban J connectivity index is 1.38. The Hall–Kier alpha value is -2.84. The van der Waals surface area contributed by atoms with E-state index >= 15 is 0 Å². The van der Waals surface area contributed by atoms with Crippen LogP contribution in [0.3, 0.4) is 0 Å². The van der Waals surface area contributed by atoms with Crippen molar-refractivity contribution in [2.75, 3.05) is 17.2 Å². The zero-order chi connectivity index (χ0) is 20.0. The predicted molar refractivity (Wildman–Crippen MR) is 116 cm³/mol. The number of amides is 1. The van der Waals surface area contributed by atoms with E-state index in [0.29, 0.717) is 4.91 Å². The fourth-order valence-corrected chi connectivity index (χ4v) is 5.01. The van der Waals surface area contributed by atoms with Gasteiger partial charge in [0.2, 0.25) is 0 Å². The fraction of sp³-hybridized carbons (Fsp3) is 0.286. The Bertz CT molecular complexity index is 1120. The number of rotatable bonds is 3. The van der Waals surface area contributed by atoms with Crippen LogP contribution in [0, 0.1) is 6.92 Å². The lowest BCUT2D eigenvalue weighted by molar-refractivity contribution is -0.117. The maximum atomic E-state index is 13.0. The number of carbonyl (C=O) groups excluding carboxylic acids is 1. The number of H-pyrrole nitrogens is 1. The Morgan fingerprint density at radius 3 is 3.07 bits per heavy atom. The molecule has 3 heterocycles. The van der Waals surface area contributed by atoms with Crippen LogP contribution in [-0.2, 0) is 11.2 Å². The Morgan fingerprint density at radius 1 is 1.34 bits per heavy atom. The summed E-state index contributed by atoms with van der Waals surface area (Å²) in [4.78, 5) is 27.7. The molecule has 148 valence electrons. The van der Waals surface area contributed by atoms with Crippen molar-refractivity contribution >= 4 is 34.5 Å². The molecule has 29 heavy (non-hydrogen) atoms. The molecule has 2 aromatic heterocycles. The highest BCUT2D eigenvalue weighted by Crippen LogP contribution is 2.32. The van der Waals surface area contributed by atoms with Gasteiger partial charge in [-0.25, -0.2) is 9.97 Å². The number of nitrogens with zero attached hydrogens (tertiary/aromatic N) is 3. The summed E-state index contributed by atoms with van der Waals surface area (Å²) in [7, 11) is 0. The van der Waals surface area contributed by atoms with Gasteiger partial charge in [-0.3, -0.25) is 4.79 Å². The minimum atomic E-state index is -0.176. The molecule has 0 unspecified atom stereocenters. The van der Waals surface area contributed by atoms with Crippen LogP contribution in [0.2, 0.25) is 0 Å². The summed E-state index contributed by atoms with van der Waals surface area (Å²) in [5.74, 6) is 1.55. The second-order valence-electron chi connectivity index (χ2n) is 7.44. The normalized spacial score (nSPS) is 21.2. The molecule has 4 N–H and O–H groups in total. The van der Waals surface area contributed by atoms with Crippen molar-refractivity contribution in [3.63, 3.8) is 0 Å². The van der Waals surface area contributed by atoms with E-state index in [1.165, 1.54) is 5.56 Å². The number of fused-ring (bicyclic) bond motifs is 2. The van der Waals surface area contributed by atoms with E-state index in [2.05, 4.69) is 26.3 Å². The predicted octanol–water partition coefficient (Wildman–Crippen LogP) is 2.40. The zero-order valence-electron chi connectivity index (χ0n) is 16.1. The number of nitrogens with one attached hydrogen (secondary N) is 2. The molecule has 2 aliphatic rings. The van der Waals surface area contributed by atoms with Gasteiger partial charge in [0.25, 0.3) is 5.91 Å². The SMILES string of the molecule is Cc1c[nH]c2ncnc(N3C=C(C(=O)N[C@@H]4Cc5ccccc5[C@H]4N)SCC3)c12. The maximum absolute atomic E-state index is 13.0. The smallest absolute Gasteiger partial charge is 0.259 e. The molecular weight excluding hydrogens is 384 g/mol. The minimum absolute atomic E-state index is 0.0796. The lowest BCUT2D eigenvalue weighted by Gasteiger charge is -2.26. The number of anilines is 1. The number of aromatic amines is 1. The number of thioether (sulfide) groups is 1. The minimum Gasteiger partial charge on any atom is -0.347 e. The molecule has 0 spiro atoms. The van der Waals surface area contributed by atoms with Gasteiger partial charge in [-0.15, -0.1) is 11.8 Å². The number of carbonyl (C=O) groups is 1. The second-order valence-corrected chi connectivity index (χ2v) is 8.57. The average molecular weight is 407 g/mol. The van der Waals surface area contributed by atoms with Crippen molar-refractivity contribution < 1.29 is 4.79 Å². The van der Waals surface area contributed by atoms with Gasteiger partial charge in [-0.1, -0.05) is 24.3 Å². The standard InChI is InChI=1S/C21H22N6OS/c1-12-9-23-19-17(12)20(25-11-24-19)27-6-7-29-16(10-27)21(28)26-15-8-13-4-2-3-5-14(13)18(15)22/h2-5,9-11,15,18H,6-8,22H2,1H3,(H,26,28)(H,23,24,25)/t15-,18-/m1/s1. The summed E-state index contributed by atoms with van der Waals surface area (Å²) in [6, 6.07) is 7.86. The molecule has 5 rings (SSSR count). The highest BCUT2D eigenvalue weighted by atomic mass is 32.2. The molecule has 0 radical (unpaired) electrons. The number of nitrogens with two attached hydrogens (primary N) is 1. The first-order valence-corrected chi connectivity index (χ1v) is 10.6. The highest BCUT2D eigenvalue weighted by molar-refractivity contribution is 8.04. The van der Waals surface area contributed by atoms with Crippen LogP contribution in [0.1, 0.15) is 22.7 Å². The zero-order valence-corrected chi connectivity index (χ0v) is 16.9. The van der Waals surface area contributed by atoms with Crippen LogP contribution < -0.4 is 16.0 Å². The molecule has 0 saturated carbocycles. The van der Waals surface area contributed by atoms with Gasteiger partial charge >= 0.3 is 0 Å². The summed E-state index contributed by atoms with van der Waals surface area (Å²) in [5, 5.41) is 4.13. The third-order valence-corrected chi connectivity index (χ3v) is 6.60. The summed E-state index contributed by atoms with van der Waals surface area (Å²) >= 11 is 1.57. The number of hydrogen-bond donors (Lipinski definition) is 3. The van der Waals surface area contributed by atoms with Crippen LogP contribution in [0.4, 0.5) is 5.82 Å². The second kappa shape index (κ2) is 7.20. The van der Waals surface area contributed by atoms with E-state index in [0.717, 1.165) is 46.7 Å². The third-order valence-electron chi connectivity index (χ3n) is 5.61. The van der Waals surface area contributed by atoms with Gasteiger partial charge < -0.3 is 20.9 Å². The van der Waals surface area contributed by atoms with Gasteiger partial charge in [-0.2, -0.15) is 0 Å². The van der Waals surface area contributed by atoms with Gasteiger partial charge in [0, 0.05) is 24.7 Å². The first-order valence-electron chi connectivity index (χ1n) is 9.66. The van der Waals surface area contributed by atoms with Gasteiger partial charge in [0.15, 0.2) is 0 Å². The topological polar surface area (TPSA) is 99.9 Å². The number of aromatic nitrogens is 3. The molecule has 0 bridgehead atoms. The molecule has 1 amide bonds. The Labute approximate surface area is 172 Å². The molecule has 1 aromatic carbocycles. The molecule has 1 aliphatic carbocycles. The van der Waals surface area contributed by atoms with Gasteiger partial charge in [-0.05, 0) is 30.0 Å². The molecule has 1 aliphatic heterocycles. The quantitative estimate of drug-likeness (QED) is 0.618. The average Bonchev–Trinajstić information content (AvgIpc) is 3.28.